The molecule has 5 rings (SSSR count). The average Bonchev–Trinajstić information content (AvgIpc) is 3.36. The Labute approximate surface area is 195 Å². The standard InChI is InChI=1S/C27H23NO4S/c29-26(30)14-18(13-17-16-33-25-12-6-5-7-19(17)25)28-27(31)32-15-24-22-10-3-1-8-20(22)21-9-2-4-11-23(21)24/h1-12,16,18,24H,13-15H2,(H,28,31)(H,29,30)/t18-/m0/s1. The van der Waals surface area contributed by atoms with Crippen molar-refractivity contribution in [2.24, 2.45) is 0 Å². The maximum atomic E-state index is 12.7. The summed E-state index contributed by atoms with van der Waals surface area (Å²) in [5.74, 6) is -1.000. The summed E-state index contributed by atoms with van der Waals surface area (Å²) < 4.78 is 6.76. The fourth-order valence-corrected chi connectivity index (χ4v) is 5.62. The topological polar surface area (TPSA) is 75.6 Å². The molecular weight excluding hydrogens is 434 g/mol. The van der Waals surface area contributed by atoms with Crippen molar-refractivity contribution in [2.45, 2.75) is 24.8 Å². The van der Waals surface area contributed by atoms with Crippen molar-refractivity contribution in [3.63, 3.8) is 0 Å². The Morgan fingerprint density at radius 1 is 0.939 bits per heavy atom. The van der Waals surface area contributed by atoms with Gasteiger partial charge in [0.2, 0.25) is 0 Å². The van der Waals surface area contributed by atoms with Gasteiger partial charge in [-0.25, -0.2) is 4.79 Å². The molecule has 6 heteroatoms. The third-order valence-corrected chi connectivity index (χ3v) is 7.13. The van der Waals surface area contributed by atoms with E-state index in [1.807, 2.05) is 53.9 Å². The summed E-state index contributed by atoms with van der Waals surface area (Å²) in [6.45, 7) is 0.195. The zero-order chi connectivity index (χ0) is 22.8. The Morgan fingerprint density at radius 2 is 1.58 bits per heavy atom. The van der Waals surface area contributed by atoms with Crippen LogP contribution in [0.3, 0.4) is 0 Å². The van der Waals surface area contributed by atoms with E-state index in [0.717, 1.165) is 37.9 Å². The van der Waals surface area contributed by atoms with Gasteiger partial charge in [0.1, 0.15) is 6.61 Å². The van der Waals surface area contributed by atoms with Gasteiger partial charge < -0.3 is 15.2 Å². The lowest BCUT2D eigenvalue weighted by Crippen LogP contribution is -2.38. The number of nitrogens with one attached hydrogen (secondary N) is 1. The number of carboxylic acids is 1. The molecule has 1 aromatic heterocycles. The molecule has 0 saturated carbocycles. The van der Waals surface area contributed by atoms with E-state index in [1.54, 1.807) is 11.3 Å². The molecule has 1 atom stereocenters. The molecule has 2 N–H and O–H groups in total. The van der Waals surface area contributed by atoms with Gasteiger partial charge in [0.25, 0.3) is 0 Å². The Balaban J connectivity index is 1.28. The van der Waals surface area contributed by atoms with Crippen molar-refractivity contribution in [3.8, 4) is 11.1 Å². The first-order valence-electron chi connectivity index (χ1n) is 10.9. The SMILES string of the molecule is O=C(O)C[C@H](Cc1csc2ccccc12)NC(=O)OCC1c2ccccc2-c2ccccc21. The van der Waals surface area contributed by atoms with Crippen LogP contribution in [-0.4, -0.2) is 29.8 Å². The van der Waals surface area contributed by atoms with Crippen LogP contribution in [0.25, 0.3) is 21.2 Å². The first-order valence-corrected chi connectivity index (χ1v) is 11.8. The Kier molecular flexibility index (Phi) is 5.84. The second-order valence-electron chi connectivity index (χ2n) is 8.23. The molecule has 5 nitrogen and oxygen atoms in total. The van der Waals surface area contributed by atoms with Crippen molar-refractivity contribution in [2.75, 3.05) is 6.61 Å². The van der Waals surface area contributed by atoms with E-state index >= 15 is 0 Å². The molecule has 1 aliphatic carbocycles. The zero-order valence-electron chi connectivity index (χ0n) is 17.9. The molecule has 0 fully saturated rings. The lowest BCUT2D eigenvalue weighted by atomic mass is 9.98. The number of hydrogen-bond acceptors (Lipinski definition) is 4. The van der Waals surface area contributed by atoms with E-state index in [1.165, 1.54) is 0 Å². The highest BCUT2D eigenvalue weighted by atomic mass is 32.1. The number of carbonyl (C=O) groups excluding carboxylic acids is 1. The first kappa shape index (κ1) is 21.2. The number of aliphatic carboxylic acids is 1. The number of alkyl carbamates (subject to hydrolysis) is 1. The Hall–Kier alpha value is -3.64. The Morgan fingerprint density at radius 3 is 2.27 bits per heavy atom. The summed E-state index contributed by atoms with van der Waals surface area (Å²) in [6, 6.07) is 23.7. The van der Waals surface area contributed by atoms with Gasteiger partial charge in [-0.1, -0.05) is 66.7 Å². The van der Waals surface area contributed by atoms with Crippen LogP contribution in [0.1, 0.15) is 29.0 Å². The molecule has 1 heterocycles. The van der Waals surface area contributed by atoms with Crippen molar-refractivity contribution < 1.29 is 19.4 Å². The highest BCUT2D eigenvalue weighted by Gasteiger charge is 2.29. The van der Waals surface area contributed by atoms with Gasteiger partial charge in [0.05, 0.1) is 6.42 Å². The molecular formula is C27H23NO4S. The number of rotatable bonds is 7. The second kappa shape index (κ2) is 9.08. The number of carboxylic acid groups (broad SMARTS) is 1. The molecule has 0 radical (unpaired) electrons. The molecule has 0 bridgehead atoms. The van der Waals surface area contributed by atoms with Gasteiger partial charge in [0.15, 0.2) is 0 Å². The van der Waals surface area contributed by atoms with Crippen molar-refractivity contribution in [3.05, 3.63) is 94.9 Å². The summed E-state index contributed by atoms with van der Waals surface area (Å²) >= 11 is 1.62. The number of ether oxygens (including phenoxy) is 1. The lowest BCUT2D eigenvalue weighted by Gasteiger charge is -2.19. The van der Waals surface area contributed by atoms with E-state index in [4.69, 9.17) is 4.74 Å². The highest BCUT2D eigenvalue weighted by molar-refractivity contribution is 7.17. The van der Waals surface area contributed by atoms with Crippen LogP contribution in [0.5, 0.6) is 0 Å². The molecule has 33 heavy (non-hydrogen) atoms. The van der Waals surface area contributed by atoms with Crippen LogP contribution in [0.4, 0.5) is 4.79 Å². The van der Waals surface area contributed by atoms with E-state index in [9.17, 15) is 14.7 Å². The van der Waals surface area contributed by atoms with Crippen LogP contribution >= 0.6 is 11.3 Å². The van der Waals surface area contributed by atoms with Crippen LogP contribution in [0, 0.1) is 0 Å². The summed E-state index contributed by atoms with van der Waals surface area (Å²) in [5.41, 5.74) is 5.63. The fourth-order valence-electron chi connectivity index (χ4n) is 4.65. The van der Waals surface area contributed by atoms with E-state index in [0.29, 0.717) is 6.42 Å². The van der Waals surface area contributed by atoms with Crippen LogP contribution < -0.4 is 5.32 Å². The highest BCUT2D eigenvalue weighted by Crippen LogP contribution is 2.44. The fraction of sp³-hybridized carbons (Fsp3) is 0.185. The summed E-state index contributed by atoms with van der Waals surface area (Å²) in [4.78, 5) is 24.1. The lowest BCUT2D eigenvalue weighted by molar-refractivity contribution is -0.137. The quantitative estimate of drug-likeness (QED) is 0.366. The molecule has 166 valence electrons. The maximum Gasteiger partial charge on any atom is 0.407 e. The van der Waals surface area contributed by atoms with Gasteiger partial charge in [-0.15, -0.1) is 11.3 Å². The largest absolute Gasteiger partial charge is 0.481 e. The van der Waals surface area contributed by atoms with Crippen LogP contribution in [-0.2, 0) is 16.0 Å². The van der Waals surface area contributed by atoms with Crippen LogP contribution in [0.2, 0.25) is 0 Å². The molecule has 1 amide bonds. The third-order valence-electron chi connectivity index (χ3n) is 6.11. The maximum absolute atomic E-state index is 12.7. The zero-order valence-corrected chi connectivity index (χ0v) is 18.7. The molecule has 0 spiro atoms. The predicted molar refractivity (Wildman–Crippen MR) is 130 cm³/mol. The van der Waals surface area contributed by atoms with Gasteiger partial charge in [0, 0.05) is 16.7 Å². The van der Waals surface area contributed by atoms with Crippen molar-refractivity contribution >= 4 is 33.5 Å². The molecule has 4 aromatic rings. The molecule has 1 aliphatic rings. The van der Waals surface area contributed by atoms with Crippen molar-refractivity contribution in [1.29, 1.82) is 0 Å². The van der Waals surface area contributed by atoms with E-state index < -0.39 is 18.1 Å². The van der Waals surface area contributed by atoms with E-state index in [-0.39, 0.29) is 18.9 Å². The smallest absolute Gasteiger partial charge is 0.407 e. The van der Waals surface area contributed by atoms with Crippen molar-refractivity contribution in [1.82, 2.24) is 5.32 Å². The number of amides is 1. The number of hydrogen-bond donors (Lipinski definition) is 2. The molecule has 0 aliphatic heterocycles. The van der Waals surface area contributed by atoms with Gasteiger partial charge in [-0.2, -0.15) is 0 Å². The number of carbonyl (C=O) groups is 2. The summed E-state index contributed by atoms with van der Waals surface area (Å²) in [5, 5.41) is 15.3. The summed E-state index contributed by atoms with van der Waals surface area (Å²) in [6.07, 6.45) is -0.336. The number of fused-ring (bicyclic) bond motifs is 4. The minimum absolute atomic E-state index is 0.0399. The van der Waals surface area contributed by atoms with Gasteiger partial charge in [-0.3, -0.25) is 4.79 Å². The average molecular weight is 458 g/mol. The minimum Gasteiger partial charge on any atom is -0.481 e. The van der Waals surface area contributed by atoms with E-state index in [2.05, 4.69) is 29.6 Å². The Bertz CT molecular complexity index is 1280. The number of benzene rings is 3. The first-order chi connectivity index (χ1) is 16.1. The normalized spacial score (nSPS) is 13.3. The molecule has 0 saturated heterocycles. The van der Waals surface area contributed by atoms with Crippen LogP contribution in [0.15, 0.2) is 78.2 Å². The molecule has 0 unspecified atom stereocenters. The monoisotopic (exact) mass is 457 g/mol. The predicted octanol–water partition coefficient (Wildman–Crippen LogP) is 5.83. The van der Waals surface area contributed by atoms with Gasteiger partial charge in [-0.05, 0) is 51.1 Å². The second-order valence-corrected chi connectivity index (χ2v) is 9.14. The summed E-state index contributed by atoms with van der Waals surface area (Å²) in [7, 11) is 0. The molecule has 3 aromatic carbocycles. The van der Waals surface area contributed by atoms with Gasteiger partial charge >= 0.3 is 12.1 Å². The number of thiophene rings is 1. The third kappa shape index (κ3) is 4.34. The minimum atomic E-state index is -0.960.